The van der Waals surface area contributed by atoms with Crippen LogP contribution < -0.4 is 9.80 Å². The Bertz CT molecular complexity index is 1680. The molecule has 0 bridgehead atoms. The maximum absolute atomic E-state index is 13.5. The van der Waals surface area contributed by atoms with Crippen LogP contribution in [-0.2, 0) is 11.2 Å². The van der Waals surface area contributed by atoms with Crippen LogP contribution in [0.3, 0.4) is 0 Å². The highest BCUT2D eigenvalue weighted by molar-refractivity contribution is 6.07. The van der Waals surface area contributed by atoms with Crippen LogP contribution in [0.2, 0.25) is 0 Å². The van der Waals surface area contributed by atoms with Crippen molar-refractivity contribution in [3.05, 3.63) is 120 Å². The fourth-order valence-electron chi connectivity index (χ4n) is 6.99. The molecule has 3 aromatic carbocycles. The number of hydrogen-bond acceptors (Lipinski definition) is 6. The van der Waals surface area contributed by atoms with Crippen molar-refractivity contribution >= 4 is 17.4 Å². The molecule has 1 N–H and O–H groups in total. The number of ether oxygens (including phenoxy) is 1. The molecular formula is C43H54N4O3. The van der Waals surface area contributed by atoms with Crippen LogP contribution in [0.15, 0.2) is 103 Å². The van der Waals surface area contributed by atoms with Crippen molar-refractivity contribution in [1.29, 1.82) is 0 Å². The molecule has 6 rings (SSSR count). The molecule has 2 unspecified atom stereocenters. The van der Waals surface area contributed by atoms with Crippen LogP contribution in [0.4, 0.5) is 11.5 Å². The van der Waals surface area contributed by atoms with Crippen molar-refractivity contribution in [2.75, 3.05) is 49.1 Å². The highest BCUT2D eigenvalue weighted by Gasteiger charge is 2.28. The van der Waals surface area contributed by atoms with Crippen LogP contribution in [0.5, 0.6) is 5.75 Å². The van der Waals surface area contributed by atoms with Gasteiger partial charge < -0.3 is 19.6 Å². The average Bonchev–Trinajstić information content (AvgIpc) is 3.57. The second-order valence-electron chi connectivity index (χ2n) is 13.3. The predicted octanol–water partition coefficient (Wildman–Crippen LogP) is 9.09. The number of carbonyl (C=O) groups excluding carboxylic acids is 1. The number of phenols is 1. The number of carbonyl (C=O) groups is 1. The van der Waals surface area contributed by atoms with Crippen molar-refractivity contribution in [3.63, 3.8) is 0 Å². The van der Waals surface area contributed by atoms with E-state index in [1.807, 2.05) is 54.4 Å². The lowest BCUT2D eigenvalue weighted by Gasteiger charge is -2.26. The zero-order chi connectivity index (χ0) is 35.5. The molecule has 0 radical (unpaired) electrons. The fourth-order valence-corrected chi connectivity index (χ4v) is 6.99. The van der Waals surface area contributed by atoms with E-state index >= 15 is 0 Å². The van der Waals surface area contributed by atoms with E-state index < -0.39 is 0 Å². The molecule has 7 nitrogen and oxygen atoms in total. The second-order valence-corrected chi connectivity index (χ2v) is 13.3. The highest BCUT2D eigenvalue weighted by Crippen LogP contribution is 2.30. The van der Waals surface area contributed by atoms with E-state index in [1.54, 1.807) is 12.1 Å². The molecule has 3 heterocycles. The number of aromatic hydroxyl groups is 1. The summed E-state index contributed by atoms with van der Waals surface area (Å²) in [7, 11) is 0. The first kappa shape index (κ1) is 36.7. The Balaban J connectivity index is 0.000000273. The number of pyridine rings is 1. The number of likely N-dealkylation sites (N-methyl/N-ethyl adjacent to an activating group) is 1. The molecule has 2 aliphatic rings. The largest absolute Gasteiger partial charge is 0.508 e. The monoisotopic (exact) mass is 674 g/mol. The Morgan fingerprint density at radius 2 is 1.72 bits per heavy atom. The Morgan fingerprint density at radius 3 is 2.40 bits per heavy atom. The minimum atomic E-state index is 0.0343. The Labute approximate surface area is 299 Å². The van der Waals surface area contributed by atoms with Crippen LogP contribution in [0.25, 0.3) is 11.1 Å². The van der Waals surface area contributed by atoms with E-state index in [1.165, 1.54) is 12.0 Å². The number of aryl methyl sites for hydroxylation is 1. The van der Waals surface area contributed by atoms with Crippen molar-refractivity contribution < 1.29 is 14.6 Å². The predicted molar refractivity (Wildman–Crippen MR) is 206 cm³/mol. The lowest BCUT2D eigenvalue weighted by atomic mass is 9.97. The molecule has 1 amide bonds. The number of phenolic OH excluding ortho intramolecular Hbond substituents is 1. The third-order valence-electron chi connectivity index (χ3n) is 9.81. The summed E-state index contributed by atoms with van der Waals surface area (Å²) in [5, 5.41) is 9.58. The lowest BCUT2D eigenvalue weighted by molar-refractivity contribution is 0.0988. The van der Waals surface area contributed by atoms with Crippen LogP contribution in [-0.4, -0.2) is 66.3 Å². The molecule has 50 heavy (non-hydrogen) atoms. The summed E-state index contributed by atoms with van der Waals surface area (Å²) in [5.74, 6) is 2.72. The van der Waals surface area contributed by atoms with Crippen molar-refractivity contribution in [1.82, 2.24) is 9.88 Å². The van der Waals surface area contributed by atoms with E-state index in [0.29, 0.717) is 18.5 Å². The number of nitrogens with zero attached hydrogens (tertiary/aromatic N) is 4. The standard InChI is InChI=1S/C29H34N4O2.C14H20O/c1-3-31(4-2)25-15-17-32(20-25)28-14-10-24(19-30-28)33-16-5-6-23-18-22(9-13-27(23)29(33)35)21-7-11-26(34)12-8-21;1-4-10-15-13(3)11-12(2)14-8-6-5-7-9-14/h7-14,18-19,25,34H,3-6,15-17,20H2,1-2H3;5-9,11-12H,4,10H2,1-3H3/b;13-11+. The van der Waals surface area contributed by atoms with Gasteiger partial charge in [-0.3, -0.25) is 9.69 Å². The van der Waals surface area contributed by atoms with E-state index in [4.69, 9.17) is 9.72 Å². The minimum Gasteiger partial charge on any atom is -0.508 e. The molecule has 2 aliphatic heterocycles. The van der Waals surface area contributed by atoms with Crippen molar-refractivity contribution in [2.45, 2.75) is 72.3 Å². The quantitative estimate of drug-likeness (QED) is 0.160. The van der Waals surface area contributed by atoms with Gasteiger partial charge in [-0.2, -0.15) is 0 Å². The summed E-state index contributed by atoms with van der Waals surface area (Å²) in [6, 6.07) is 28.4. The molecule has 2 atom stereocenters. The molecule has 0 aliphatic carbocycles. The fraction of sp³-hybridized carbons (Fsp3) is 0.395. The summed E-state index contributed by atoms with van der Waals surface area (Å²) in [5.41, 5.74) is 6.11. The number of rotatable bonds is 11. The molecule has 1 saturated heterocycles. The Morgan fingerprint density at radius 1 is 0.980 bits per heavy atom. The van der Waals surface area contributed by atoms with Gasteiger partial charge in [0, 0.05) is 37.2 Å². The summed E-state index contributed by atoms with van der Waals surface area (Å²) in [6.45, 7) is 16.5. The van der Waals surface area contributed by atoms with Gasteiger partial charge in [0.15, 0.2) is 0 Å². The van der Waals surface area contributed by atoms with E-state index in [9.17, 15) is 9.90 Å². The van der Waals surface area contributed by atoms with Gasteiger partial charge in [0.1, 0.15) is 11.6 Å². The van der Waals surface area contributed by atoms with Crippen molar-refractivity contribution in [2.24, 2.45) is 0 Å². The van der Waals surface area contributed by atoms with Gasteiger partial charge in [-0.1, -0.05) is 82.3 Å². The van der Waals surface area contributed by atoms with Gasteiger partial charge in [-0.05, 0) is 104 Å². The summed E-state index contributed by atoms with van der Waals surface area (Å²) in [4.78, 5) is 25.0. The van der Waals surface area contributed by atoms with Crippen LogP contribution in [0, 0.1) is 0 Å². The van der Waals surface area contributed by atoms with E-state index in [0.717, 1.165) is 91.6 Å². The smallest absolute Gasteiger partial charge is 0.258 e. The molecule has 1 fully saturated rings. The summed E-state index contributed by atoms with van der Waals surface area (Å²) in [6.07, 6.45) is 8.01. The van der Waals surface area contributed by atoms with Crippen LogP contribution in [0.1, 0.15) is 81.3 Å². The SMILES string of the molecule is CCCO/C(C)=C/C(C)c1ccccc1.CCN(CC)C1CCN(c2ccc(N3CCCc4cc(-c5ccc(O)cc5)ccc4C3=O)cn2)C1. The maximum atomic E-state index is 13.5. The molecule has 1 aromatic heterocycles. The highest BCUT2D eigenvalue weighted by atomic mass is 16.5. The first-order chi connectivity index (χ1) is 24.3. The van der Waals surface area contributed by atoms with Crippen LogP contribution >= 0.6 is 0 Å². The molecule has 264 valence electrons. The number of benzene rings is 3. The van der Waals surface area contributed by atoms with Gasteiger partial charge in [0.25, 0.3) is 5.91 Å². The van der Waals surface area contributed by atoms with Gasteiger partial charge in [-0.25, -0.2) is 4.98 Å². The number of amides is 1. The van der Waals surface area contributed by atoms with Gasteiger partial charge in [0.05, 0.1) is 24.3 Å². The Hall–Kier alpha value is -4.62. The minimum absolute atomic E-state index is 0.0343. The van der Waals surface area contributed by atoms with Gasteiger partial charge in [-0.15, -0.1) is 0 Å². The molecule has 0 spiro atoms. The molecular weight excluding hydrogens is 620 g/mol. The third-order valence-corrected chi connectivity index (χ3v) is 9.81. The summed E-state index contributed by atoms with van der Waals surface area (Å²) < 4.78 is 5.54. The third kappa shape index (κ3) is 9.33. The topological polar surface area (TPSA) is 69.1 Å². The first-order valence-corrected chi connectivity index (χ1v) is 18.4. The zero-order valence-corrected chi connectivity index (χ0v) is 30.5. The first-order valence-electron chi connectivity index (χ1n) is 18.4. The van der Waals surface area contributed by atoms with E-state index in [2.05, 4.69) is 80.0 Å². The number of fused-ring (bicyclic) bond motifs is 1. The normalized spacial score (nSPS) is 16.8. The van der Waals surface area contributed by atoms with Gasteiger partial charge >= 0.3 is 0 Å². The van der Waals surface area contributed by atoms with Crippen molar-refractivity contribution in [3.8, 4) is 16.9 Å². The molecule has 4 aromatic rings. The van der Waals surface area contributed by atoms with E-state index in [-0.39, 0.29) is 11.7 Å². The molecule has 7 heteroatoms. The number of aromatic nitrogens is 1. The zero-order valence-electron chi connectivity index (χ0n) is 30.5. The maximum Gasteiger partial charge on any atom is 0.258 e. The van der Waals surface area contributed by atoms with Gasteiger partial charge in [0.2, 0.25) is 0 Å². The number of hydrogen-bond donors (Lipinski definition) is 1. The Kier molecular flexibility index (Phi) is 13.1. The number of allylic oxidation sites excluding steroid dienone is 2. The lowest BCUT2D eigenvalue weighted by Crippen LogP contribution is -2.37. The average molecular weight is 675 g/mol. The molecule has 0 saturated carbocycles. The summed E-state index contributed by atoms with van der Waals surface area (Å²) >= 11 is 0. The number of anilines is 2. The second kappa shape index (κ2) is 17.9.